The number of para-hydroxylation sites is 2. The molecule has 230 valence electrons. The zero-order valence-electron chi connectivity index (χ0n) is 26.5. The summed E-state index contributed by atoms with van der Waals surface area (Å²) in [6, 6.07) is 60.6. The largest absolute Gasteiger partial charge is 0.436 e. The number of hydrogen-bond acceptors (Lipinski definition) is 4. The van der Waals surface area contributed by atoms with Gasteiger partial charge in [-0.15, -0.1) is 0 Å². The Bertz CT molecular complexity index is 2480. The van der Waals surface area contributed by atoms with Crippen molar-refractivity contribution in [1.82, 2.24) is 15.0 Å². The second-order valence-corrected chi connectivity index (χ2v) is 12.0. The molecule has 9 aromatic rings. The molecule has 4 nitrogen and oxygen atoms in total. The molecule has 0 N–H and O–H groups in total. The summed E-state index contributed by atoms with van der Waals surface area (Å²) in [5.41, 5.74) is 12.0. The molecular weight excluding hydrogens is 599 g/mol. The summed E-state index contributed by atoms with van der Waals surface area (Å²) in [5, 5.41) is 2.39. The summed E-state index contributed by atoms with van der Waals surface area (Å²) in [6.45, 7) is 0. The van der Waals surface area contributed by atoms with Crippen LogP contribution in [0.1, 0.15) is 0 Å². The fourth-order valence-electron chi connectivity index (χ4n) is 6.49. The maximum atomic E-state index is 6.04. The van der Waals surface area contributed by atoms with Gasteiger partial charge in [0, 0.05) is 22.3 Å². The quantitative estimate of drug-likeness (QED) is 0.184. The smallest absolute Gasteiger partial charge is 0.227 e. The summed E-state index contributed by atoms with van der Waals surface area (Å²) in [7, 11) is 0. The molecule has 0 atom stereocenters. The van der Waals surface area contributed by atoms with Crippen LogP contribution in [0, 0.1) is 0 Å². The molecular formula is C45H29N3O. The Morgan fingerprint density at radius 1 is 0.388 bits per heavy atom. The van der Waals surface area contributed by atoms with Crippen molar-refractivity contribution in [3.8, 4) is 67.6 Å². The number of nitrogens with zero attached hydrogens (tertiary/aromatic N) is 3. The van der Waals surface area contributed by atoms with Gasteiger partial charge in [0.2, 0.25) is 5.89 Å². The third kappa shape index (κ3) is 5.45. The molecule has 0 fully saturated rings. The highest BCUT2D eigenvalue weighted by molar-refractivity contribution is 6.04. The van der Waals surface area contributed by atoms with E-state index in [4.69, 9.17) is 19.4 Å². The van der Waals surface area contributed by atoms with Crippen LogP contribution >= 0.6 is 0 Å². The van der Waals surface area contributed by atoms with E-state index in [0.717, 1.165) is 61.4 Å². The maximum absolute atomic E-state index is 6.04. The average Bonchev–Trinajstić information content (AvgIpc) is 3.63. The van der Waals surface area contributed by atoms with Crippen molar-refractivity contribution < 1.29 is 4.42 Å². The van der Waals surface area contributed by atoms with Crippen LogP contribution in [0.25, 0.3) is 89.5 Å². The van der Waals surface area contributed by atoms with Crippen molar-refractivity contribution in [3.05, 3.63) is 176 Å². The topological polar surface area (TPSA) is 51.8 Å². The van der Waals surface area contributed by atoms with Crippen LogP contribution in [0.3, 0.4) is 0 Å². The van der Waals surface area contributed by atoms with Gasteiger partial charge in [-0.2, -0.15) is 0 Å². The standard InChI is InChI=1S/C45H29N3O/c1-3-12-32(13-4-1)40-29-41(33-14-5-2-6-15-33)47-44(46-40)35-23-21-34(22-24-35)43-37-16-8-7-11-30(37)27-28-38(43)31-19-25-36(26-20-31)45-48-39-17-9-10-18-42(39)49-45/h1-29H. The first kappa shape index (κ1) is 28.6. The van der Waals surface area contributed by atoms with Crippen molar-refractivity contribution in [2.75, 3.05) is 0 Å². The predicted molar refractivity (Wildman–Crippen MR) is 200 cm³/mol. The van der Waals surface area contributed by atoms with Gasteiger partial charge in [0.1, 0.15) is 5.52 Å². The van der Waals surface area contributed by atoms with E-state index >= 15 is 0 Å². The summed E-state index contributed by atoms with van der Waals surface area (Å²) >= 11 is 0. The molecule has 0 radical (unpaired) electrons. The van der Waals surface area contributed by atoms with E-state index in [-0.39, 0.29) is 0 Å². The molecule has 0 bridgehead atoms. The van der Waals surface area contributed by atoms with Crippen molar-refractivity contribution in [1.29, 1.82) is 0 Å². The molecule has 0 unspecified atom stereocenters. The van der Waals surface area contributed by atoms with Gasteiger partial charge in [-0.1, -0.05) is 146 Å². The third-order valence-corrected chi connectivity index (χ3v) is 8.96. The van der Waals surface area contributed by atoms with Crippen LogP contribution in [-0.4, -0.2) is 15.0 Å². The van der Waals surface area contributed by atoms with Gasteiger partial charge < -0.3 is 4.42 Å². The minimum Gasteiger partial charge on any atom is -0.436 e. The molecule has 0 aliphatic carbocycles. The van der Waals surface area contributed by atoms with E-state index < -0.39 is 0 Å². The second kappa shape index (κ2) is 12.2. The van der Waals surface area contributed by atoms with Crippen molar-refractivity contribution in [2.24, 2.45) is 0 Å². The number of aromatic nitrogens is 3. The molecule has 0 saturated heterocycles. The molecule has 2 heterocycles. The summed E-state index contributed by atoms with van der Waals surface area (Å²) < 4.78 is 6.04. The number of fused-ring (bicyclic) bond motifs is 2. The van der Waals surface area contributed by atoms with Crippen molar-refractivity contribution in [2.45, 2.75) is 0 Å². The fraction of sp³-hybridized carbons (Fsp3) is 0. The molecule has 7 aromatic carbocycles. The predicted octanol–water partition coefficient (Wildman–Crippen LogP) is 11.8. The average molecular weight is 628 g/mol. The molecule has 0 aliphatic rings. The molecule has 9 rings (SSSR count). The van der Waals surface area contributed by atoms with Crippen LogP contribution in [0.4, 0.5) is 0 Å². The first-order valence-electron chi connectivity index (χ1n) is 16.4. The lowest BCUT2D eigenvalue weighted by atomic mass is 9.89. The second-order valence-electron chi connectivity index (χ2n) is 12.0. The lowest BCUT2D eigenvalue weighted by molar-refractivity contribution is 0.620. The molecule has 0 aliphatic heterocycles. The Kier molecular flexibility index (Phi) is 7.10. The van der Waals surface area contributed by atoms with Crippen LogP contribution in [0.15, 0.2) is 180 Å². The highest BCUT2D eigenvalue weighted by atomic mass is 16.3. The minimum absolute atomic E-state index is 0.621. The van der Waals surface area contributed by atoms with Gasteiger partial charge in [-0.25, -0.2) is 15.0 Å². The zero-order valence-corrected chi connectivity index (χ0v) is 26.5. The van der Waals surface area contributed by atoms with E-state index in [1.807, 2.05) is 60.7 Å². The Labute approximate surface area is 284 Å². The zero-order chi connectivity index (χ0) is 32.6. The summed E-state index contributed by atoms with van der Waals surface area (Å²) in [6.07, 6.45) is 0. The Balaban J connectivity index is 1.12. The first-order valence-corrected chi connectivity index (χ1v) is 16.4. The van der Waals surface area contributed by atoms with Gasteiger partial charge in [0.05, 0.1) is 11.4 Å². The molecule has 0 amide bonds. The number of benzene rings is 7. The van der Waals surface area contributed by atoms with Crippen LogP contribution < -0.4 is 0 Å². The van der Waals surface area contributed by atoms with E-state index in [1.165, 1.54) is 16.3 Å². The van der Waals surface area contributed by atoms with Crippen LogP contribution in [0.5, 0.6) is 0 Å². The van der Waals surface area contributed by atoms with Gasteiger partial charge in [-0.05, 0) is 63.4 Å². The SMILES string of the molecule is c1ccc(-c2cc(-c3ccccc3)nc(-c3ccc(-c4c(-c5ccc(-c6nc7ccccc7o6)cc5)ccc5ccccc45)cc3)n2)cc1. The van der Waals surface area contributed by atoms with E-state index in [1.54, 1.807) is 0 Å². The summed E-state index contributed by atoms with van der Waals surface area (Å²) in [4.78, 5) is 14.8. The van der Waals surface area contributed by atoms with Gasteiger partial charge >= 0.3 is 0 Å². The molecule has 0 saturated carbocycles. The molecule has 0 spiro atoms. The number of oxazole rings is 1. The number of rotatable bonds is 6. The normalized spacial score (nSPS) is 11.3. The first-order chi connectivity index (χ1) is 24.3. The van der Waals surface area contributed by atoms with E-state index in [9.17, 15) is 0 Å². The molecule has 2 aromatic heterocycles. The molecule has 4 heteroatoms. The van der Waals surface area contributed by atoms with Gasteiger partial charge in [-0.3, -0.25) is 0 Å². The van der Waals surface area contributed by atoms with Crippen molar-refractivity contribution >= 4 is 21.9 Å². The Morgan fingerprint density at radius 3 is 1.65 bits per heavy atom. The van der Waals surface area contributed by atoms with Crippen molar-refractivity contribution in [3.63, 3.8) is 0 Å². The highest BCUT2D eigenvalue weighted by Crippen LogP contribution is 2.40. The maximum Gasteiger partial charge on any atom is 0.227 e. The van der Waals surface area contributed by atoms with Gasteiger partial charge in [0.15, 0.2) is 11.4 Å². The van der Waals surface area contributed by atoms with E-state index in [0.29, 0.717) is 11.7 Å². The Hall–Kier alpha value is -6.65. The highest BCUT2D eigenvalue weighted by Gasteiger charge is 2.15. The molecule has 49 heavy (non-hydrogen) atoms. The van der Waals surface area contributed by atoms with E-state index in [2.05, 4.69) is 115 Å². The fourth-order valence-corrected chi connectivity index (χ4v) is 6.49. The van der Waals surface area contributed by atoms with Gasteiger partial charge in [0.25, 0.3) is 0 Å². The van der Waals surface area contributed by atoms with Crippen LogP contribution in [-0.2, 0) is 0 Å². The lowest BCUT2D eigenvalue weighted by Crippen LogP contribution is -1.96. The van der Waals surface area contributed by atoms with Crippen LogP contribution in [0.2, 0.25) is 0 Å². The Morgan fingerprint density at radius 2 is 0.959 bits per heavy atom. The lowest BCUT2D eigenvalue weighted by Gasteiger charge is -2.15. The monoisotopic (exact) mass is 627 g/mol. The third-order valence-electron chi connectivity index (χ3n) is 8.96. The minimum atomic E-state index is 0.621. The number of hydrogen-bond donors (Lipinski definition) is 0. The summed E-state index contributed by atoms with van der Waals surface area (Å²) in [5.74, 6) is 1.32.